The first-order valence-corrected chi connectivity index (χ1v) is 9.01. The van der Waals surface area contributed by atoms with E-state index in [2.05, 4.69) is 6.92 Å². The highest BCUT2D eigenvalue weighted by Gasteiger charge is 2.38. The molecule has 0 aliphatic carbocycles. The van der Waals surface area contributed by atoms with E-state index in [0.29, 0.717) is 12.8 Å². The summed E-state index contributed by atoms with van der Waals surface area (Å²) >= 11 is 0. The Bertz CT molecular complexity index is 313. The van der Waals surface area contributed by atoms with E-state index in [9.17, 15) is 13.5 Å². The van der Waals surface area contributed by atoms with Crippen LogP contribution in [0, 0.1) is 0 Å². The lowest BCUT2D eigenvalue weighted by atomic mass is 10.0. The largest absolute Gasteiger partial charge is 0.372 e. The second-order valence-electron chi connectivity index (χ2n) is 5.40. The van der Waals surface area contributed by atoms with Crippen LogP contribution in [0.4, 0.5) is 0 Å². The highest BCUT2D eigenvalue weighted by molar-refractivity contribution is 7.87. The zero-order chi connectivity index (χ0) is 14.8. The predicted molar refractivity (Wildman–Crippen MR) is 78.6 cm³/mol. The lowest BCUT2D eigenvalue weighted by molar-refractivity contribution is 0.0906. The smallest absolute Gasteiger partial charge is 0.294 e. The van der Waals surface area contributed by atoms with Crippen LogP contribution in [0.2, 0.25) is 0 Å². The summed E-state index contributed by atoms with van der Waals surface area (Å²) in [6, 6.07) is 0. The molecule has 5 heteroatoms. The van der Waals surface area contributed by atoms with Crippen molar-refractivity contribution in [2.75, 3.05) is 0 Å². The van der Waals surface area contributed by atoms with Gasteiger partial charge in [0.15, 0.2) is 4.93 Å². The summed E-state index contributed by atoms with van der Waals surface area (Å²) in [6.45, 7) is 3.98. The molecule has 0 amide bonds. The van der Waals surface area contributed by atoms with Crippen LogP contribution in [0.1, 0.15) is 84.5 Å². The molecule has 1 unspecified atom stereocenters. The van der Waals surface area contributed by atoms with E-state index in [0.717, 1.165) is 19.3 Å². The average molecular weight is 294 g/mol. The van der Waals surface area contributed by atoms with Crippen LogP contribution in [-0.2, 0) is 10.1 Å². The summed E-state index contributed by atoms with van der Waals surface area (Å²) in [4.78, 5) is -1.94. The standard InChI is InChI=1S/C14H30O4S/c1-3-5-6-7-8-9-10-11-13-14(15,12-4-2)19(16,17)18/h15H,3-13H2,1-2H3,(H,16,17,18). The number of rotatable bonds is 12. The van der Waals surface area contributed by atoms with Crippen LogP contribution in [0.25, 0.3) is 0 Å². The van der Waals surface area contributed by atoms with Crippen molar-refractivity contribution >= 4 is 10.1 Å². The van der Waals surface area contributed by atoms with Crippen molar-refractivity contribution in [3.05, 3.63) is 0 Å². The van der Waals surface area contributed by atoms with E-state index >= 15 is 0 Å². The van der Waals surface area contributed by atoms with Gasteiger partial charge in [0, 0.05) is 0 Å². The van der Waals surface area contributed by atoms with E-state index < -0.39 is 15.1 Å². The van der Waals surface area contributed by atoms with E-state index in [1.807, 2.05) is 0 Å². The molecule has 0 bridgehead atoms. The molecule has 0 radical (unpaired) electrons. The summed E-state index contributed by atoms with van der Waals surface area (Å²) in [5.41, 5.74) is 0. The Labute approximate surface area is 118 Å². The summed E-state index contributed by atoms with van der Waals surface area (Å²) in [6.07, 6.45) is 9.56. The summed E-state index contributed by atoms with van der Waals surface area (Å²) in [7, 11) is -4.38. The van der Waals surface area contributed by atoms with Crippen molar-refractivity contribution in [1.82, 2.24) is 0 Å². The van der Waals surface area contributed by atoms with Gasteiger partial charge in [0.1, 0.15) is 0 Å². The first kappa shape index (κ1) is 18.9. The maximum Gasteiger partial charge on any atom is 0.294 e. The van der Waals surface area contributed by atoms with E-state index in [4.69, 9.17) is 4.55 Å². The molecule has 4 nitrogen and oxygen atoms in total. The Morgan fingerprint density at radius 1 is 0.789 bits per heavy atom. The topological polar surface area (TPSA) is 74.6 Å². The maximum absolute atomic E-state index is 11.2. The fraction of sp³-hybridized carbons (Fsp3) is 1.00. The molecule has 2 N–H and O–H groups in total. The van der Waals surface area contributed by atoms with Crippen molar-refractivity contribution in [3.63, 3.8) is 0 Å². The molecule has 0 aromatic heterocycles. The number of unbranched alkanes of at least 4 members (excludes halogenated alkanes) is 7. The van der Waals surface area contributed by atoms with Gasteiger partial charge in [-0.05, 0) is 19.3 Å². The van der Waals surface area contributed by atoms with Crippen LogP contribution in [-0.4, -0.2) is 23.0 Å². The van der Waals surface area contributed by atoms with Gasteiger partial charge in [-0.15, -0.1) is 0 Å². The number of hydrogen-bond acceptors (Lipinski definition) is 3. The molecule has 0 aliphatic rings. The van der Waals surface area contributed by atoms with Gasteiger partial charge in [-0.1, -0.05) is 65.2 Å². The SMILES string of the molecule is CCCCCCCCCCC(O)(CCC)S(=O)(=O)O. The minimum atomic E-state index is -4.38. The molecule has 116 valence electrons. The molecule has 0 aliphatic heterocycles. The van der Waals surface area contributed by atoms with Gasteiger partial charge >= 0.3 is 0 Å². The molecule has 0 rings (SSSR count). The van der Waals surface area contributed by atoms with Gasteiger partial charge in [0.25, 0.3) is 10.1 Å². The third-order valence-corrected chi connectivity index (χ3v) is 4.91. The van der Waals surface area contributed by atoms with Gasteiger partial charge < -0.3 is 5.11 Å². The number of aliphatic hydroxyl groups is 1. The molecule has 0 aromatic rings. The molecule has 0 heterocycles. The second-order valence-corrected chi connectivity index (χ2v) is 7.11. The van der Waals surface area contributed by atoms with Crippen molar-refractivity contribution in [2.45, 2.75) is 89.4 Å². The normalized spacial score (nSPS) is 15.4. The maximum atomic E-state index is 11.2. The fourth-order valence-electron chi connectivity index (χ4n) is 2.31. The molecule has 0 saturated heterocycles. The van der Waals surface area contributed by atoms with Crippen LogP contribution in [0.15, 0.2) is 0 Å². The Hall–Kier alpha value is -0.130. The lowest BCUT2D eigenvalue weighted by Gasteiger charge is -2.24. The Morgan fingerprint density at radius 2 is 1.26 bits per heavy atom. The minimum Gasteiger partial charge on any atom is -0.372 e. The molecule has 0 aromatic carbocycles. The molecule has 0 spiro atoms. The fourth-order valence-corrected chi connectivity index (χ4v) is 3.17. The van der Waals surface area contributed by atoms with E-state index in [1.165, 1.54) is 25.7 Å². The van der Waals surface area contributed by atoms with Gasteiger partial charge in [0.2, 0.25) is 0 Å². The minimum absolute atomic E-state index is 0.0995. The Morgan fingerprint density at radius 3 is 1.68 bits per heavy atom. The van der Waals surface area contributed by atoms with Crippen LogP contribution >= 0.6 is 0 Å². The highest BCUT2D eigenvalue weighted by Crippen LogP contribution is 2.26. The zero-order valence-electron chi connectivity index (χ0n) is 12.4. The molecule has 0 saturated carbocycles. The van der Waals surface area contributed by atoms with Gasteiger partial charge in [-0.3, -0.25) is 4.55 Å². The predicted octanol–water partition coefficient (Wildman–Crippen LogP) is 3.89. The molecular weight excluding hydrogens is 264 g/mol. The summed E-state index contributed by atoms with van der Waals surface area (Å²) < 4.78 is 31.5. The Kier molecular flexibility index (Phi) is 9.66. The van der Waals surface area contributed by atoms with Crippen molar-refractivity contribution in [1.29, 1.82) is 0 Å². The third-order valence-electron chi connectivity index (χ3n) is 3.54. The average Bonchev–Trinajstić information content (AvgIpc) is 2.31. The summed E-state index contributed by atoms with van der Waals surface area (Å²) in [5.74, 6) is 0. The monoisotopic (exact) mass is 294 g/mol. The van der Waals surface area contributed by atoms with E-state index in [1.54, 1.807) is 6.92 Å². The van der Waals surface area contributed by atoms with Crippen molar-refractivity contribution in [3.8, 4) is 0 Å². The van der Waals surface area contributed by atoms with Crippen molar-refractivity contribution < 1.29 is 18.1 Å². The highest BCUT2D eigenvalue weighted by atomic mass is 32.2. The van der Waals surface area contributed by atoms with Crippen LogP contribution in [0.5, 0.6) is 0 Å². The summed E-state index contributed by atoms with van der Waals surface area (Å²) in [5, 5.41) is 9.98. The van der Waals surface area contributed by atoms with Crippen LogP contribution in [0.3, 0.4) is 0 Å². The van der Waals surface area contributed by atoms with E-state index in [-0.39, 0.29) is 12.8 Å². The zero-order valence-corrected chi connectivity index (χ0v) is 13.2. The first-order chi connectivity index (χ1) is 8.87. The van der Waals surface area contributed by atoms with Gasteiger partial charge in [-0.25, -0.2) is 0 Å². The van der Waals surface area contributed by atoms with Crippen LogP contribution < -0.4 is 0 Å². The molecule has 19 heavy (non-hydrogen) atoms. The third kappa shape index (κ3) is 7.90. The van der Waals surface area contributed by atoms with Gasteiger partial charge in [-0.2, -0.15) is 8.42 Å². The van der Waals surface area contributed by atoms with Crippen molar-refractivity contribution in [2.24, 2.45) is 0 Å². The number of hydrogen-bond donors (Lipinski definition) is 2. The molecule has 1 atom stereocenters. The second kappa shape index (κ2) is 9.72. The lowest BCUT2D eigenvalue weighted by Crippen LogP contribution is -2.38. The first-order valence-electron chi connectivity index (χ1n) is 7.56. The van der Waals surface area contributed by atoms with Gasteiger partial charge in [0.05, 0.1) is 0 Å². The molecular formula is C14H30O4S. The quantitative estimate of drug-likeness (QED) is 0.423. The Balaban J connectivity index is 3.84. The molecule has 0 fully saturated rings.